The van der Waals surface area contributed by atoms with E-state index in [-0.39, 0.29) is 11.8 Å². The van der Waals surface area contributed by atoms with Crippen LogP contribution in [0.15, 0.2) is 12.4 Å². The third-order valence-corrected chi connectivity index (χ3v) is 2.64. The topological polar surface area (TPSA) is 56.2 Å². The van der Waals surface area contributed by atoms with Gasteiger partial charge in [0, 0.05) is 25.5 Å². The van der Waals surface area contributed by atoms with Crippen LogP contribution >= 0.6 is 0 Å². The number of aryl methyl sites for hydroxylation is 1. The lowest BCUT2D eigenvalue weighted by atomic mass is 10.1. The fourth-order valence-corrected chi connectivity index (χ4v) is 1.85. The first-order valence-corrected chi connectivity index (χ1v) is 5.69. The van der Waals surface area contributed by atoms with Gasteiger partial charge >= 0.3 is 0 Å². The van der Waals surface area contributed by atoms with E-state index in [4.69, 9.17) is 4.74 Å². The van der Waals surface area contributed by atoms with Crippen molar-refractivity contribution in [1.29, 1.82) is 0 Å². The summed E-state index contributed by atoms with van der Waals surface area (Å²) in [5.74, 6) is 0.558. The summed E-state index contributed by atoms with van der Waals surface area (Å²) in [7, 11) is 0. The maximum Gasteiger partial charge on any atom is 0.217 e. The molecular formula is C11H17N3O2. The first-order chi connectivity index (χ1) is 7.83. The number of hydrogen-bond acceptors (Lipinski definition) is 4. The number of carbonyl (C=O) groups excluding carboxylic acids is 1. The van der Waals surface area contributed by atoms with Crippen molar-refractivity contribution in [2.24, 2.45) is 0 Å². The van der Waals surface area contributed by atoms with Gasteiger partial charge in [-0.15, -0.1) is 0 Å². The van der Waals surface area contributed by atoms with Crippen molar-refractivity contribution in [3.63, 3.8) is 0 Å². The van der Waals surface area contributed by atoms with Gasteiger partial charge in [0.05, 0.1) is 19.3 Å². The molecule has 1 N–H and O–H groups in total. The number of morpholine rings is 1. The van der Waals surface area contributed by atoms with Gasteiger partial charge in [0.25, 0.3) is 0 Å². The van der Waals surface area contributed by atoms with Gasteiger partial charge in [0.2, 0.25) is 5.78 Å². The summed E-state index contributed by atoms with van der Waals surface area (Å²) >= 11 is 0. The number of nitrogens with zero attached hydrogens (tertiary/aromatic N) is 2. The van der Waals surface area contributed by atoms with Crippen LogP contribution in [0.5, 0.6) is 0 Å². The maximum absolute atomic E-state index is 12.1. The zero-order valence-electron chi connectivity index (χ0n) is 9.48. The predicted molar refractivity (Wildman–Crippen MR) is 59.5 cm³/mol. The number of aromatic nitrogens is 2. The second kappa shape index (κ2) is 5.23. The van der Waals surface area contributed by atoms with E-state index in [2.05, 4.69) is 17.2 Å². The molecule has 1 aliphatic heterocycles. The van der Waals surface area contributed by atoms with Gasteiger partial charge in [-0.05, 0) is 6.42 Å². The minimum atomic E-state index is -0.244. The smallest absolute Gasteiger partial charge is 0.217 e. The van der Waals surface area contributed by atoms with Crippen LogP contribution in [0.2, 0.25) is 0 Å². The lowest BCUT2D eigenvalue weighted by molar-refractivity contribution is 0.0597. The van der Waals surface area contributed by atoms with Gasteiger partial charge in [-0.2, -0.15) is 0 Å². The summed E-state index contributed by atoms with van der Waals surface area (Å²) in [5, 5.41) is 3.15. The van der Waals surface area contributed by atoms with Gasteiger partial charge in [-0.3, -0.25) is 4.79 Å². The molecule has 2 heterocycles. The van der Waals surface area contributed by atoms with Crippen LogP contribution in [0.25, 0.3) is 0 Å². The van der Waals surface area contributed by atoms with Gasteiger partial charge < -0.3 is 14.6 Å². The van der Waals surface area contributed by atoms with E-state index in [0.717, 1.165) is 19.5 Å². The van der Waals surface area contributed by atoms with Crippen LogP contribution in [-0.2, 0) is 11.3 Å². The quantitative estimate of drug-likeness (QED) is 0.754. The largest absolute Gasteiger partial charge is 0.378 e. The highest BCUT2D eigenvalue weighted by Crippen LogP contribution is 2.06. The number of ether oxygens (including phenoxy) is 1. The fourth-order valence-electron chi connectivity index (χ4n) is 1.85. The van der Waals surface area contributed by atoms with Crippen molar-refractivity contribution >= 4 is 5.78 Å². The summed E-state index contributed by atoms with van der Waals surface area (Å²) in [6.07, 6.45) is 4.51. The first kappa shape index (κ1) is 11.3. The molecule has 1 aromatic rings. The molecule has 1 fully saturated rings. The van der Waals surface area contributed by atoms with Gasteiger partial charge in [-0.1, -0.05) is 6.92 Å². The molecule has 1 unspecified atom stereocenters. The number of imidazole rings is 1. The van der Waals surface area contributed by atoms with Gasteiger partial charge in [-0.25, -0.2) is 4.98 Å². The maximum atomic E-state index is 12.1. The highest BCUT2D eigenvalue weighted by atomic mass is 16.5. The van der Waals surface area contributed by atoms with Crippen molar-refractivity contribution in [3.05, 3.63) is 18.2 Å². The summed E-state index contributed by atoms with van der Waals surface area (Å²) < 4.78 is 7.18. The Kier molecular flexibility index (Phi) is 3.69. The van der Waals surface area contributed by atoms with Crippen LogP contribution in [0, 0.1) is 0 Å². The predicted octanol–water partition coefficient (Wildman–Crippen LogP) is 0.464. The number of ketones is 1. The van der Waals surface area contributed by atoms with Crippen molar-refractivity contribution in [1.82, 2.24) is 14.9 Å². The molecule has 88 valence electrons. The molecule has 0 radical (unpaired) electrons. The first-order valence-electron chi connectivity index (χ1n) is 5.69. The SMILES string of the molecule is CCCn1ccnc1C(=O)C1COCCN1. The number of carbonyl (C=O) groups is 1. The molecule has 0 aliphatic carbocycles. The second-order valence-corrected chi connectivity index (χ2v) is 3.89. The van der Waals surface area contributed by atoms with E-state index in [1.54, 1.807) is 6.20 Å². The lowest BCUT2D eigenvalue weighted by Gasteiger charge is -2.22. The Morgan fingerprint density at radius 3 is 3.31 bits per heavy atom. The van der Waals surface area contributed by atoms with Crippen molar-refractivity contribution in [2.45, 2.75) is 25.9 Å². The third-order valence-electron chi connectivity index (χ3n) is 2.64. The third kappa shape index (κ3) is 2.31. The van der Waals surface area contributed by atoms with E-state index in [1.165, 1.54) is 0 Å². The highest BCUT2D eigenvalue weighted by Gasteiger charge is 2.25. The Bertz CT molecular complexity index is 356. The summed E-state index contributed by atoms with van der Waals surface area (Å²) in [6, 6.07) is -0.244. The second-order valence-electron chi connectivity index (χ2n) is 3.89. The standard InChI is InChI=1S/C11H17N3O2/c1-2-5-14-6-3-13-11(14)10(15)9-8-16-7-4-12-9/h3,6,9,12H,2,4-5,7-8H2,1H3. The molecule has 1 atom stereocenters. The van der Waals surface area contributed by atoms with E-state index < -0.39 is 0 Å². The Balaban J connectivity index is 2.09. The number of rotatable bonds is 4. The molecule has 5 heteroatoms. The molecule has 16 heavy (non-hydrogen) atoms. The molecule has 1 aromatic heterocycles. The average molecular weight is 223 g/mol. The molecule has 1 saturated heterocycles. The van der Waals surface area contributed by atoms with Gasteiger partial charge in [0.1, 0.15) is 0 Å². The van der Waals surface area contributed by atoms with E-state index in [1.807, 2.05) is 10.8 Å². The van der Waals surface area contributed by atoms with Gasteiger partial charge in [0.15, 0.2) is 5.82 Å². The zero-order chi connectivity index (χ0) is 11.4. The molecule has 0 aromatic carbocycles. The van der Waals surface area contributed by atoms with Crippen molar-refractivity contribution in [3.8, 4) is 0 Å². The van der Waals surface area contributed by atoms with Crippen LogP contribution in [-0.4, -0.2) is 41.1 Å². The van der Waals surface area contributed by atoms with E-state index in [9.17, 15) is 4.79 Å². The fraction of sp³-hybridized carbons (Fsp3) is 0.636. The van der Waals surface area contributed by atoms with Crippen LogP contribution < -0.4 is 5.32 Å². The number of Topliss-reactive ketones (excluding diaryl/α,β-unsaturated/α-hetero) is 1. The highest BCUT2D eigenvalue weighted by molar-refractivity contribution is 5.97. The minimum absolute atomic E-state index is 0.0261. The number of hydrogen-bond donors (Lipinski definition) is 1. The molecule has 5 nitrogen and oxygen atoms in total. The Morgan fingerprint density at radius 2 is 2.62 bits per heavy atom. The zero-order valence-corrected chi connectivity index (χ0v) is 9.48. The molecule has 0 bridgehead atoms. The lowest BCUT2D eigenvalue weighted by Crippen LogP contribution is -2.47. The summed E-state index contributed by atoms with van der Waals surface area (Å²) in [4.78, 5) is 16.3. The van der Waals surface area contributed by atoms with E-state index >= 15 is 0 Å². The van der Waals surface area contributed by atoms with Crippen LogP contribution in [0.3, 0.4) is 0 Å². The molecule has 2 rings (SSSR count). The van der Waals surface area contributed by atoms with Crippen LogP contribution in [0.4, 0.5) is 0 Å². The Labute approximate surface area is 94.8 Å². The van der Waals surface area contributed by atoms with E-state index in [0.29, 0.717) is 19.0 Å². The van der Waals surface area contributed by atoms with Crippen molar-refractivity contribution < 1.29 is 9.53 Å². The Hall–Kier alpha value is -1.20. The van der Waals surface area contributed by atoms with Crippen molar-refractivity contribution in [2.75, 3.05) is 19.8 Å². The average Bonchev–Trinajstić information content (AvgIpc) is 2.78. The number of nitrogens with one attached hydrogen (secondary N) is 1. The molecule has 0 saturated carbocycles. The molecule has 0 spiro atoms. The summed E-state index contributed by atoms with van der Waals surface area (Å²) in [5.41, 5.74) is 0. The monoisotopic (exact) mass is 223 g/mol. The normalized spacial score (nSPS) is 20.9. The van der Waals surface area contributed by atoms with Crippen LogP contribution in [0.1, 0.15) is 24.0 Å². The Morgan fingerprint density at radius 1 is 1.75 bits per heavy atom. The molecular weight excluding hydrogens is 206 g/mol. The minimum Gasteiger partial charge on any atom is -0.378 e. The molecule has 0 amide bonds. The summed E-state index contributed by atoms with van der Waals surface area (Å²) in [6.45, 7) is 4.75. The molecule has 1 aliphatic rings.